The predicted octanol–water partition coefficient (Wildman–Crippen LogP) is 4.11. The number of Topliss-reactive ketones (excluding diaryl/α,β-unsaturated/α-hetero) is 1. The Kier molecular flexibility index (Phi) is 13.2. The van der Waals surface area contributed by atoms with Crippen molar-refractivity contribution in [2.24, 2.45) is 17.3 Å². The first-order valence-corrected chi connectivity index (χ1v) is 15.1. The number of methoxy groups -OCH3 is 1. The summed E-state index contributed by atoms with van der Waals surface area (Å²) in [5.74, 6) is -1.29. The molecule has 2 aliphatic heterocycles. The molecule has 9 nitrogen and oxygen atoms in total. The second-order valence-corrected chi connectivity index (χ2v) is 13.1. The van der Waals surface area contributed by atoms with Crippen LogP contribution < -0.4 is 0 Å². The molecule has 2 saturated heterocycles. The van der Waals surface area contributed by atoms with Crippen molar-refractivity contribution in [2.75, 3.05) is 40.9 Å². The third kappa shape index (κ3) is 8.81. The summed E-state index contributed by atoms with van der Waals surface area (Å²) in [5, 5.41) is 0. The molecule has 0 bridgehead atoms. The van der Waals surface area contributed by atoms with E-state index in [1.54, 1.807) is 21.0 Å². The van der Waals surface area contributed by atoms with Crippen LogP contribution >= 0.6 is 0 Å². The highest BCUT2D eigenvalue weighted by molar-refractivity contribution is 6.04. The Bertz CT molecular complexity index is 835. The molecule has 8 atom stereocenters. The largest absolute Gasteiger partial charge is 0.463 e. The maximum absolute atomic E-state index is 14.0. The van der Waals surface area contributed by atoms with Gasteiger partial charge in [-0.15, -0.1) is 0 Å². The summed E-state index contributed by atoms with van der Waals surface area (Å²) in [4.78, 5) is 43.2. The van der Waals surface area contributed by atoms with Gasteiger partial charge in [0.25, 0.3) is 0 Å². The fourth-order valence-corrected chi connectivity index (χ4v) is 6.51. The van der Waals surface area contributed by atoms with Gasteiger partial charge in [-0.2, -0.15) is 0 Å². The average molecular weight is 569 g/mol. The monoisotopic (exact) mass is 568 g/mol. The number of ether oxygens (including phenoxy) is 4. The number of nitrogens with zero attached hydrogens (tertiary/aromatic N) is 2. The zero-order chi connectivity index (χ0) is 30.3. The Balaban J connectivity index is 2.52. The molecule has 2 fully saturated rings. The number of hydrogen-bond donors (Lipinski definition) is 0. The lowest BCUT2D eigenvalue weighted by Gasteiger charge is -2.45. The number of rotatable bonds is 9. The molecule has 0 saturated carbocycles. The summed E-state index contributed by atoms with van der Waals surface area (Å²) in [5.41, 5.74) is -2.20. The molecule has 0 aromatic carbocycles. The molecule has 232 valence electrons. The Morgan fingerprint density at radius 1 is 1.12 bits per heavy atom. The van der Waals surface area contributed by atoms with Crippen LogP contribution in [0.25, 0.3) is 0 Å². The van der Waals surface area contributed by atoms with Crippen molar-refractivity contribution in [3.8, 4) is 0 Å². The maximum atomic E-state index is 14.0. The highest BCUT2D eigenvalue weighted by Gasteiger charge is 2.50. The fraction of sp³-hybridized carbons (Fsp3) is 0.903. The first-order chi connectivity index (χ1) is 18.7. The van der Waals surface area contributed by atoms with Crippen LogP contribution in [0.5, 0.6) is 0 Å². The number of ketones is 1. The lowest BCUT2D eigenvalue weighted by atomic mass is 9.74. The molecule has 2 aliphatic rings. The summed E-state index contributed by atoms with van der Waals surface area (Å²) in [6, 6.07) is 0.182. The molecule has 2 rings (SSSR count). The van der Waals surface area contributed by atoms with Crippen molar-refractivity contribution >= 4 is 18.0 Å². The summed E-state index contributed by atoms with van der Waals surface area (Å²) in [6.45, 7) is 15.1. The topological polar surface area (TPSA) is 94.6 Å². The van der Waals surface area contributed by atoms with Crippen LogP contribution in [0.2, 0.25) is 0 Å². The van der Waals surface area contributed by atoms with Crippen molar-refractivity contribution < 1.29 is 33.3 Å². The minimum atomic E-state index is -1.38. The highest BCUT2D eigenvalue weighted by Crippen LogP contribution is 2.38. The number of aldehydes is 1. The van der Waals surface area contributed by atoms with Gasteiger partial charge in [-0.05, 0) is 79.9 Å². The molecule has 0 radical (unpaired) electrons. The Morgan fingerprint density at radius 3 is 2.38 bits per heavy atom. The first-order valence-electron chi connectivity index (χ1n) is 15.1. The van der Waals surface area contributed by atoms with E-state index in [2.05, 4.69) is 37.7 Å². The van der Waals surface area contributed by atoms with E-state index in [4.69, 9.17) is 18.9 Å². The third-order valence-electron chi connectivity index (χ3n) is 8.90. The molecule has 0 aromatic rings. The van der Waals surface area contributed by atoms with Gasteiger partial charge in [-0.25, -0.2) is 0 Å². The maximum Gasteiger partial charge on any atom is 0.319 e. The predicted molar refractivity (Wildman–Crippen MR) is 155 cm³/mol. The second-order valence-electron chi connectivity index (χ2n) is 13.1. The fourth-order valence-electron chi connectivity index (χ4n) is 6.51. The van der Waals surface area contributed by atoms with E-state index in [1.165, 1.54) is 0 Å². The quantitative estimate of drug-likeness (QED) is 0.231. The Labute approximate surface area is 242 Å². The van der Waals surface area contributed by atoms with Gasteiger partial charge in [0, 0.05) is 44.5 Å². The van der Waals surface area contributed by atoms with Crippen LogP contribution in [0.1, 0.15) is 87.0 Å². The number of cyclic esters (lactones) is 1. The van der Waals surface area contributed by atoms with Crippen LogP contribution in [0, 0.1) is 17.3 Å². The van der Waals surface area contributed by atoms with Crippen LogP contribution in [0.3, 0.4) is 0 Å². The number of carbonyl (C=O) groups is 3. The lowest BCUT2D eigenvalue weighted by Crippen LogP contribution is -2.55. The molecular formula is C31H56N2O7. The molecule has 0 spiro atoms. The SMILES string of the molecule is CCCN1C[C@H](C)C[C@@](C)(OC)[C@H](O[C@H]2C[C@H](N(C)C)C[C@@H](C)O2)[C@@H](C)C(=O)C(C)(C)C(=O)OC[C@H]1CCC=O. The van der Waals surface area contributed by atoms with Gasteiger partial charge in [-0.3, -0.25) is 14.5 Å². The molecule has 0 N–H and O–H groups in total. The van der Waals surface area contributed by atoms with Gasteiger partial charge < -0.3 is 28.6 Å². The Hall–Kier alpha value is -1.39. The van der Waals surface area contributed by atoms with Crippen molar-refractivity contribution in [2.45, 2.75) is 123 Å². The van der Waals surface area contributed by atoms with Crippen LogP contribution in [-0.4, -0.2) is 105 Å². The van der Waals surface area contributed by atoms with Gasteiger partial charge in [0.1, 0.15) is 18.3 Å². The zero-order valence-electron chi connectivity index (χ0n) is 26.7. The van der Waals surface area contributed by atoms with Crippen molar-refractivity contribution in [1.29, 1.82) is 0 Å². The molecular weight excluding hydrogens is 512 g/mol. The van der Waals surface area contributed by atoms with E-state index < -0.39 is 35.3 Å². The number of hydrogen-bond acceptors (Lipinski definition) is 9. The molecule has 0 aliphatic carbocycles. The number of carbonyl (C=O) groups excluding carboxylic acids is 3. The smallest absolute Gasteiger partial charge is 0.319 e. The van der Waals surface area contributed by atoms with Gasteiger partial charge in [-0.1, -0.05) is 20.8 Å². The Morgan fingerprint density at radius 2 is 1.80 bits per heavy atom. The van der Waals surface area contributed by atoms with Gasteiger partial charge in [0.05, 0.1) is 17.8 Å². The van der Waals surface area contributed by atoms with E-state index in [0.29, 0.717) is 31.7 Å². The molecule has 40 heavy (non-hydrogen) atoms. The summed E-state index contributed by atoms with van der Waals surface area (Å²) < 4.78 is 25.0. The van der Waals surface area contributed by atoms with E-state index in [1.807, 2.05) is 20.8 Å². The normalized spacial score (nSPS) is 36.8. The molecule has 0 unspecified atom stereocenters. The van der Waals surface area contributed by atoms with Gasteiger partial charge >= 0.3 is 5.97 Å². The van der Waals surface area contributed by atoms with Gasteiger partial charge in [0.15, 0.2) is 12.1 Å². The van der Waals surface area contributed by atoms with Crippen LogP contribution in [0.4, 0.5) is 0 Å². The van der Waals surface area contributed by atoms with Crippen molar-refractivity contribution in [1.82, 2.24) is 9.80 Å². The van der Waals surface area contributed by atoms with Gasteiger partial charge in [0.2, 0.25) is 0 Å². The zero-order valence-corrected chi connectivity index (χ0v) is 26.7. The summed E-state index contributed by atoms with van der Waals surface area (Å²) in [6.07, 6.45) is 3.89. The standard InChI is InChI=1S/C31H56N2O7/c1-11-14-33-19-21(2)18-31(7,37-10)28(40-26-17-25(32(8)9)16-22(3)39-26)23(4)27(35)30(5,6)29(36)38-20-24(33)13-12-15-34/h15,21-26,28H,11-14,16-20H2,1-10H3/t21-,22-,23+,24-,25-,26+,28-,31-/m1/s1. The van der Waals surface area contributed by atoms with Crippen LogP contribution in [0.15, 0.2) is 0 Å². The molecule has 2 heterocycles. The van der Waals surface area contributed by atoms with Crippen molar-refractivity contribution in [3.63, 3.8) is 0 Å². The van der Waals surface area contributed by atoms with E-state index in [9.17, 15) is 14.4 Å². The van der Waals surface area contributed by atoms with E-state index in [0.717, 1.165) is 32.2 Å². The summed E-state index contributed by atoms with van der Waals surface area (Å²) in [7, 11) is 5.79. The van der Waals surface area contributed by atoms with E-state index in [-0.39, 0.29) is 30.5 Å². The third-order valence-corrected chi connectivity index (χ3v) is 8.90. The molecule has 0 aromatic heterocycles. The van der Waals surface area contributed by atoms with Crippen LogP contribution in [-0.2, 0) is 33.3 Å². The molecule has 0 amide bonds. The molecule has 9 heteroatoms. The van der Waals surface area contributed by atoms with Crippen molar-refractivity contribution in [3.05, 3.63) is 0 Å². The highest BCUT2D eigenvalue weighted by atomic mass is 16.7. The average Bonchev–Trinajstić information content (AvgIpc) is 2.89. The first kappa shape index (κ1) is 34.8. The van der Waals surface area contributed by atoms with E-state index >= 15 is 0 Å². The summed E-state index contributed by atoms with van der Waals surface area (Å²) >= 11 is 0. The second kappa shape index (κ2) is 15.2. The lowest BCUT2D eigenvalue weighted by molar-refractivity contribution is -0.263. The number of esters is 1. The minimum absolute atomic E-state index is 0.0111. The minimum Gasteiger partial charge on any atom is -0.463 e.